The van der Waals surface area contributed by atoms with Crippen LogP contribution in [0, 0.1) is 0 Å². The van der Waals surface area contributed by atoms with E-state index in [-0.39, 0.29) is 6.61 Å². The molecular formula is C11H20O4. The Morgan fingerprint density at radius 3 is 2.40 bits per heavy atom. The van der Waals surface area contributed by atoms with E-state index < -0.39 is 12.1 Å². The highest BCUT2D eigenvalue weighted by molar-refractivity contribution is 5.88. The fourth-order valence-corrected chi connectivity index (χ4v) is 1.23. The molecule has 0 fully saturated rings. The summed E-state index contributed by atoms with van der Waals surface area (Å²) in [4.78, 5) is 11.2. The number of ether oxygens (including phenoxy) is 1. The van der Waals surface area contributed by atoms with Crippen LogP contribution in [0.15, 0.2) is 11.1 Å². The number of hydrogen-bond donors (Lipinski definition) is 2. The molecule has 0 amide bonds. The van der Waals surface area contributed by atoms with E-state index in [0.717, 1.165) is 6.42 Å². The lowest BCUT2D eigenvalue weighted by Crippen LogP contribution is -2.14. The highest BCUT2D eigenvalue weighted by atomic mass is 16.5. The maximum Gasteiger partial charge on any atom is 0.333 e. The van der Waals surface area contributed by atoms with Gasteiger partial charge in [0.25, 0.3) is 0 Å². The van der Waals surface area contributed by atoms with E-state index in [4.69, 9.17) is 5.11 Å². The Morgan fingerprint density at radius 1 is 1.33 bits per heavy atom. The highest BCUT2D eigenvalue weighted by Gasteiger charge is 2.14. The first kappa shape index (κ1) is 14.1. The molecule has 0 rings (SSSR count). The summed E-state index contributed by atoms with van der Waals surface area (Å²) in [5.74, 6) is -0.409. The van der Waals surface area contributed by atoms with Crippen molar-refractivity contribution < 1.29 is 19.7 Å². The SMILES string of the molecule is COC(=O)C(C)=C(C)C(O)CCCCO. The maximum absolute atomic E-state index is 11.2. The second-order valence-electron chi connectivity index (χ2n) is 3.53. The molecule has 1 atom stereocenters. The van der Waals surface area contributed by atoms with Crippen molar-refractivity contribution in [3.05, 3.63) is 11.1 Å². The van der Waals surface area contributed by atoms with E-state index in [1.165, 1.54) is 7.11 Å². The second-order valence-corrected chi connectivity index (χ2v) is 3.53. The predicted molar refractivity (Wildman–Crippen MR) is 57.3 cm³/mol. The number of esters is 1. The van der Waals surface area contributed by atoms with Gasteiger partial charge in [0.2, 0.25) is 0 Å². The average Bonchev–Trinajstić information content (AvgIpc) is 2.26. The van der Waals surface area contributed by atoms with Gasteiger partial charge in [-0.3, -0.25) is 0 Å². The van der Waals surface area contributed by atoms with E-state index >= 15 is 0 Å². The molecule has 15 heavy (non-hydrogen) atoms. The molecule has 0 aromatic rings. The van der Waals surface area contributed by atoms with Crippen molar-refractivity contribution >= 4 is 5.97 Å². The maximum atomic E-state index is 11.2. The third-order valence-corrected chi connectivity index (χ3v) is 2.47. The van der Waals surface area contributed by atoms with Crippen LogP contribution in [0.5, 0.6) is 0 Å². The van der Waals surface area contributed by atoms with Crippen molar-refractivity contribution in [2.75, 3.05) is 13.7 Å². The van der Waals surface area contributed by atoms with Crippen molar-refractivity contribution in [3.8, 4) is 0 Å². The molecule has 0 heterocycles. The van der Waals surface area contributed by atoms with Crippen molar-refractivity contribution in [2.45, 2.75) is 39.2 Å². The van der Waals surface area contributed by atoms with Crippen molar-refractivity contribution in [3.63, 3.8) is 0 Å². The normalized spacial score (nSPS) is 14.5. The van der Waals surface area contributed by atoms with Gasteiger partial charge in [-0.25, -0.2) is 4.79 Å². The third-order valence-electron chi connectivity index (χ3n) is 2.47. The van der Waals surface area contributed by atoms with E-state index in [1.54, 1.807) is 13.8 Å². The third kappa shape index (κ3) is 4.95. The van der Waals surface area contributed by atoms with Gasteiger partial charge in [-0.2, -0.15) is 0 Å². The molecule has 4 heteroatoms. The number of rotatable bonds is 6. The molecule has 0 bridgehead atoms. The van der Waals surface area contributed by atoms with E-state index in [2.05, 4.69) is 4.74 Å². The lowest BCUT2D eigenvalue weighted by Gasteiger charge is -2.13. The topological polar surface area (TPSA) is 66.8 Å². The van der Waals surface area contributed by atoms with Gasteiger partial charge in [-0.05, 0) is 38.7 Å². The first-order chi connectivity index (χ1) is 7.04. The molecule has 0 spiro atoms. The number of unbranched alkanes of at least 4 members (excludes halogenated alkanes) is 1. The molecule has 0 aliphatic heterocycles. The van der Waals surface area contributed by atoms with Gasteiger partial charge in [0, 0.05) is 12.2 Å². The number of aliphatic hydroxyl groups excluding tert-OH is 2. The number of carbonyl (C=O) groups is 1. The minimum absolute atomic E-state index is 0.130. The summed E-state index contributed by atoms with van der Waals surface area (Å²) in [6.07, 6.45) is 1.34. The molecule has 0 saturated carbocycles. The minimum atomic E-state index is -0.629. The summed E-state index contributed by atoms with van der Waals surface area (Å²) in [5.41, 5.74) is 1.09. The molecular weight excluding hydrogens is 196 g/mol. The molecule has 0 aliphatic carbocycles. The zero-order valence-corrected chi connectivity index (χ0v) is 9.62. The standard InChI is InChI=1S/C11H20O4/c1-8(9(2)11(14)15-3)10(13)6-4-5-7-12/h10,12-13H,4-7H2,1-3H3. The number of methoxy groups -OCH3 is 1. The molecule has 88 valence electrons. The number of carbonyl (C=O) groups excluding carboxylic acids is 1. The largest absolute Gasteiger partial charge is 0.466 e. The summed E-state index contributed by atoms with van der Waals surface area (Å²) in [6, 6.07) is 0. The Bertz CT molecular complexity index is 233. The van der Waals surface area contributed by atoms with E-state index in [0.29, 0.717) is 24.0 Å². The van der Waals surface area contributed by atoms with Crippen LogP contribution >= 0.6 is 0 Å². The summed E-state index contributed by atoms with van der Waals surface area (Å²) >= 11 is 0. The van der Waals surface area contributed by atoms with E-state index in [9.17, 15) is 9.90 Å². The Morgan fingerprint density at radius 2 is 1.93 bits per heavy atom. The minimum Gasteiger partial charge on any atom is -0.466 e. The zero-order chi connectivity index (χ0) is 11.8. The van der Waals surface area contributed by atoms with Gasteiger partial charge >= 0.3 is 5.97 Å². The van der Waals surface area contributed by atoms with Gasteiger partial charge in [0.05, 0.1) is 13.2 Å². The highest BCUT2D eigenvalue weighted by Crippen LogP contribution is 2.14. The quantitative estimate of drug-likeness (QED) is 0.395. The van der Waals surface area contributed by atoms with Crippen LogP contribution in [0.25, 0.3) is 0 Å². The van der Waals surface area contributed by atoms with Crippen molar-refractivity contribution in [1.82, 2.24) is 0 Å². The Kier molecular flexibility index (Phi) is 6.99. The lowest BCUT2D eigenvalue weighted by atomic mass is 10.0. The Hall–Kier alpha value is -0.870. The second kappa shape index (κ2) is 7.43. The van der Waals surface area contributed by atoms with Crippen LogP contribution in [0.4, 0.5) is 0 Å². The van der Waals surface area contributed by atoms with Crippen LogP contribution in [0.1, 0.15) is 33.1 Å². The molecule has 1 unspecified atom stereocenters. The van der Waals surface area contributed by atoms with Crippen LogP contribution in [0.3, 0.4) is 0 Å². The molecule has 0 aromatic carbocycles. The van der Waals surface area contributed by atoms with Gasteiger partial charge in [0.15, 0.2) is 0 Å². The van der Waals surface area contributed by atoms with Gasteiger partial charge in [0.1, 0.15) is 0 Å². The van der Waals surface area contributed by atoms with Crippen molar-refractivity contribution in [1.29, 1.82) is 0 Å². The molecule has 0 saturated heterocycles. The summed E-state index contributed by atoms with van der Waals surface area (Å²) < 4.78 is 4.56. The fraction of sp³-hybridized carbons (Fsp3) is 0.727. The summed E-state index contributed by atoms with van der Waals surface area (Å²) in [6.45, 7) is 3.48. The molecule has 0 aliphatic rings. The summed E-state index contributed by atoms with van der Waals surface area (Å²) in [7, 11) is 1.32. The van der Waals surface area contributed by atoms with Crippen LogP contribution in [-0.2, 0) is 9.53 Å². The predicted octanol–water partition coefficient (Wildman–Crippen LogP) is 1.02. The first-order valence-corrected chi connectivity index (χ1v) is 5.09. The molecule has 0 aromatic heterocycles. The van der Waals surface area contributed by atoms with Crippen LogP contribution in [0.2, 0.25) is 0 Å². The van der Waals surface area contributed by atoms with Crippen molar-refractivity contribution in [2.24, 2.45) is 0 Å². The van der Waals surface area contributed by atoms with Crippen LogP contribution < -0.4 is 0 Å². The molecule has 2 N–H and O–H groups in total. The Labute approximate surface area is 90.6 Å². The smallest absolute Gasteiger partial charge is 0.333 e. The monoisotopic (exact) mass is 216 g/mol. The molecule has 4 nitrogen and oxygen atoms in total. The zero-order valence-electron chi connectivity index (χ0n) is 9.62. The first-order valence-electron chi connectivity index (χ1n) is 5.09. The number of hydrogen-bond acceptors (Lipinski definition) is 4. The lowest BCUT2D eigenvalue weighted by molar-refractivity contribution is -0.136. The number of aliphatic hydroxyl groups is 2. The average molecular weight is 216 g/mol. The molecule has 0 radical (unpaired) electrons. The van der Waals surface area contributed by atoms with E-state index in [1.807, 2.05) is 0 Å². The van der Waals surface area contributed by atoms with Gasteiger partial charge in [-0.15, -0.1) is 0 Å². The fourth-order valence-electron chi connectivity index (χ4n) is 1.23. The van der Waals surface area contributed by atoms with Gasteiger partial charge < -0.3 is 14.9 Å². The van der Waals surface area contributed by atoms with Gasteiger partial charge in [-0.1, -0.05) is 0 Å². The Balaban J connectivity index is 4.27. The summed E-state index contributed by atoms with van der Waals surface area (Å²) in [5, 5.41) is 18.3. The van der Waals surface area contributed by atoms with Crippen LogP contribution in [-0.4, -0.2) is 36.0 Å².